The van der Waals surface area contributed by atoms with Crippen molar-refractivity contribution in [3.05, 3.63) is 119 Å². The van der Waals surface area contributed by atoms with Gasteiger partial charge in [0.2, 0.25) is 0 Å². The molecule has 0 aliphatic rings. The van der Waals surface area contributed by atoms with E-state index in [1.54, 1.807) is 18.5 Å². The molecule has 44 heavy (non-hydrogen) atoms. The van der Waals surface area contributed by atoms with Gasteiger partial charge in [-0.1, -0.05) is 77.6 Å². The highest BCUT2D eigenvalue weighted by Gasteiger charge is 2.18. The third-order valence-electron chi connectivity index (χ3n) is 6.27. The second-order valence-electron chi connectivity index (χ2n) is 10.2. The van der Waals surface area contributed by atoms with Crippen molar-refractivity contribution in [3.8, 4) is 11.1 Å². The molecule has 0 bridgehead atoms. The van der Waals surface area contributed by atoms with Gasteiger partial charge in [-0.2, -0.15) is 0 Å². The van der Waals surface area contributed by atoms with Crippen LogP contribution in [-0.2, 0) is 21.4 Å². The van der Waals surface area contributed by atoms with Crippen LogP contribution in [0.4, 0.5) is 5.69 Å². The van der Waals surface area contributed by atoms with E-state index in [1.165, 1.54) is 11.1 Å². The van der Waals surface area contributed by atoms with Crippen molar-refractivity contribution in [2.75, 3.05) is 5.32 Å². The van der Waals surface area contributed by atoms with E-state index in [9.17, 15) is 4.79 Å². The molecular formula is C37H42BrN3O3. The lowest BCUT2D eigenvalue weighted by Crippen LogP contribution is -2.13. The van der Waals surface area contributed by atoms with E-state index in [0.29, 0.717) is 5.56 Å². The summed E-state index contributed by atoms with van der Waals surface area (Å²) in [5.74, 6) is -0.160. The minimum atomic E-state index is -0.160. The molecule has 0 aliphatic heterocycles. The lowest BCUT2D eigenvalue weighted by molar-refractivity contribution is -0.0987. The first-order valence-electron chi connectivity index (χ1n) is 14.2. The van der Waals surface area contributed by atoms with E-state index in [2.05, 4.69) is 76.8 Å². The third kappa shape index (κ3) is 11.0. The number of nitrogens with zero attached hydrogens (tertiary/aromatic N) is 2. The first-order chi connectivity index (χ1) is 21.3. The predicted octanol–water partition coefficient (Wildman–Crippen LogP) is 9.57. The summed E-state index contributed by atoms with van der Waals surface area (Å²) in [6.07, 6.45) is 10.7. The van der Waals surface area contributed by atoms with Crippen LogP contribution < -0.4 is 5.32 Å². The fraction of sp³-hybridized carbons (Fsp3) is 0.216. The Morgan fingerprint density at radius 1 is 0.977 bits per heavy atom. The van der Waals surface area contributed by atoms with Crippen molar-refractivity contribution in [1.29, 1.82) is 0 Å². The van der Waals surface area contributed by atoms with Gasteiger partial charge in [-0.3, -0.25) is 14.8 Å². The monoisotopic (exact) mass is 655 g/mol. The molecule has 0 fully saturated rings. The summed E-state index contributed by atoms with van der Waals surface area (Å²) in [4.78, 5) is 38.0. The molecule has 0 saturated carbocycles. The van der Waals surface area contributed by atoms with Gasteiger partial charge in [0.05, 0.1) is 11.2 Å². The maximum Gasteiger partial charge on any atom is 0.255 e. The fourth-order valence-corrected chi connectivity index (χ4v) is 4.70. The van der Waals surface area contributed by atoms with Crippen molar-refractivity contribution in [2.24, 2.45) is 4.99 Å². The number of benzene rings is 3. The lowest BCUT2D eigenvalue weighted by Gasteiger charge is -2.21. The number of hydrogen-bond acceptors (Lipinski definition) is 5. The number of carbonyl (C=O) groups is 3. The van der Waals surface area contributed by atoms with E-state index in [4.69, 9.17) is 9.59 Å². The van der Waals surface area contributed by atoms with Crippen LogP contribution in [0, 0.1) is 0 Å². The largest absolute Gasteiger partial charge is 0.321 e. The summed E-state index contributed by atoms with van der Waals surface area (Å²) in [6.45, 7) is 18.2. The Kier molecular flexibility index (Phi) is 16.8. The van der Waals surface area contributed by atoms with Crippen LogP contribution in [0.3, 0.4) is 0 Å². The molecule has 4 rings (SSSR count). The Morgan fingerprint density at radius 3 is 2.36 bits per heavy atom. The summed E-state index contributed by atoms with van der Waals surface area (Å²) in [5.41, 5.74) is 6.64. The molecule has 0 unspecified atom stereocenters. The molecule has 1 amide bonds. The molecule has 0 atom stereocenters. The minimum absolute atomic E-state index is 0.0120. The number of carbonyl (C=O) groups excluding carboxylic acids is 3. The van der Waals surface area contributed by atoms with Gasteiger partial charge in [-0.15, -0.1) is 0 Å². The Balaban J connectivity index is 0.00000152. The van der Waals surface area contributed by atoms with Crippen LogP contribution in [0.15, 0.2) is 107 Å². The Morgan fingerprint density at radius 2 is 1.70 bits per heavy atom. The summed E-state index contributed by atoms with van der Waals surface area (Å²) in [5, 5.41) is 4.14. The third-order valence-corrected chi connectivity index (χ3v) is 6.93. The minimum Gasteiger partial charge on any atom is -0.321 e. The number of allylic oxidation sites excluding steroid dienone is 2. The topological polar surface area (TPSA) is 88.5 Å². The molecule has 7 heteroatoms. The molecule has 4 aromatic rings. The number of nitrogens with one attached hydrogen (secondary N) is 1. The number of amides is 1. The van der Waals surface area contributed by atoms with Crippen molar-refractivity contribution >= 4 is 58.2 Å². The summed E-state index contributed by atoms with van der Waals surface area (Å²) in [7, 11) is 0. The smallest absolute Gasteiger partial charge is 0.255 e. The average Bonchev–Trinajstić information content (AvgIpc) is 3.05. The number of aliphatic imine (C=N–C) groups is 1. The van der Waals surface area contributed by atoms with E-state index >= 15 is 0 Å². The standard InChI is InChI=1S/C33H32BrN3O.C2H6.2CH2O/c1-5-16-35-17-7-6-10-23-14-15-30(29(34)19-23)37-32(38)26-12-8-11-24(20-26)28-22-27(33(2,3)4)21-25-13-9-18-36-31(25)28;3*1-2/h5,7-9,11-22H,1,6,10H2,2-4H3,(H,37,38);1-2H3;2*1H2/b17-7-,35-16?;;;. The van der Waals surface area contributed by atoms with Gasteiger partial charge < -0.3 is 14.9 Å². The Hall–Kier alpha value is -4.49. The van der Waals surface area contributed by atoms with Gasteiger partial charge in [-0.25, -0.2) is 0 Å². The van der Waals surface area contributed by atoms with Crippen molar-refractivity contribution < 1.29 is 14.4 Å². The van der Waals surface area contributed by atoms with Crippen molar-refractivity contribution in [2.45, 2.75) is 52.9 Å². The fourth-order valence-electron chi connectivity index (χ4n) is 4.18. The molecule has 0 radical (unpaired) electrons. The highest BCUT2D eigenvalue weighted by Crippen LogP contribution is 2.34. The van der Waals surface area contributed by atoms with Crippen LogP contribution >= 0.6 is 15.9 Å². The van der Waals surface area contributed by atoms with Crippen molar-refractivity contribution in [3.63, 3.8) is 0 Å². The van der Waals surface area contributed by atoms with Gasteiger partial charge in [0, 0.05) is 39.6 Å². The number of aromatic nitrogens is 1. The molecule has 6 nitrogen and oxygen atoms in total. The summed E-state index contributed by atoms with van der Waals surface area (Å²) in [6, 6.07) is 22.2. The second kappa shape index (κ2) is 19.7. The van der Waals surface area contributed by atoms with E-state index in [-0.39, 0.29) is 11.3 Å². The van der Waals surface area contributed by atoms with Crippen molar-refractivity contribution in [1.82, 2.24) is 4.98 Å². The molecule has 230 valence electrons. The summed E-state index contributed by atoms with van der Waals surface area (Å²) >= 11 is 3.62. The zero-order valence-electron chi connectivity index (χ0n) is 26.3. The van der Waals surface area contributed by atoms with Crippen LogP contribution in [0.5, 0.6) is 0 Å². The second-order valence-corrected chi connectivity index (χ2v) is 11.0. The van der Waals surface area contributed by atoms with Gasteiger partial charge >= 0.3 is 0 Å². The first-order valence-corrected chi connectivity index (χ1v) is 15.0. The molecule has 0 saturated heterocycles. The number of aryl methyl sites for hydroxylation is 1. The van der Waals surface area contributed by atoms with E-state index in [0.717, 1.165) is 45.0 Å². The maximum absolute atomic E-state index is 13.2. The summed E-state index contributed by atoms with van der Waals surface area (Å²) < 4.78 is 0.848. The molecule has 1 heterocycles. The maximum atomic E-state index is 13.2. The molecule has 1 N–H and O–H groups in total. The van der Waals surface area contributed by atoms with Crippen LogP contribution in [-0.4, -0.2) is 30.7 Å². The molecule has 0 spiro atoms. The zero-order chi connectivity index (χ0) is 33.1. The molecular weight excluding hydrogens is 614 g/mol. The first kappa shape index (κ1) is 37.5. The number of anilines is 1. The van der Waals surface area contributed by atoms with Gasteiger partial charge in [0.25, 0.3) is 5.91 Å². The zero-order valence-corrected chi connectivity index (χ0v) is 27.9. The van der Waals surface area contributed by atoms with Crippen LogP contribution in [0.1, 0.15) is 62.5 Å². The Bertz CT molecular complexity index is 1570. The predicted molar refractivity (Wildman–Crippen MR) is 190 cm³/mol. The highest BCUT2D eigenvalue weighted by atomic mass is 79.9. The van der Waals surface area contributed by atoms with E-state index < -0.39 is 0 Å². The number of fused-ring (bicyclic) bond motifs is 1. The van der Waals surface area contributed by atoms with Crippen LogP contribution in [0.2, 0.25) is 0 Å². The number of rotatable bonds is 8. The number of hydrogen-bond donors (Lipinski definition) is 1. The van der Waals surface area contributed by atoms with Gasteiger partial charge in [0.1, 0.15) is 13.6 Å². The lowest BCUT2D eigenvalue weighted by atomic mass is 9.84. The number of pyridine rings is 1. The Labute approximate surface area is 270 Å². The van der Waals surface area contributed by atoms with Gasteiger partial charge in [0.15, 0.2) is 0 Å². The molecule has 3 aromatic carbocycles. The van der Waals surface area contributed by atoms with Gasteiger partial charge in [-0.05, 0) is 93.3 Å². The molecule has 0 aliphatic carbocycles. The van der Waals surface area contributed by atoms with E-state index in [1.807, 2.05) is 88.2 Å². The average molecular weight is 657 g/mol. The normalized spacial score (nSPS) is 10.6. The quantitative estimate of drug-likeness (QED) is 0.191. The highest BCUT2D eigenvalue weighted by molar-refractivity contribution is 9.10. The molecule has 1 aromatic heterocycles. The number of halogens is 1. The van der Waals surface area contributed by atoms with Crippen LogP contribution in [0.25, 0.3) is 22.0 Å². The SMILES string of the molecule is C=CC=N/C=C\CCc1ccc(NC(=O)c2cccc(-c3cc(C(C)(C)C)cc4cccnc34)c2)c(Br)c1.C=O.C=O.CC.